The number of benzene rings is 1. The molecular weight excluding hydrogens is 392 g/mol. The Balaban J connectivity index is 1.58. The number of hydrogen-bond donors (Lipinski definition) is 3. The number of urea groups is 2. The van der Waals surface area contributed by atoms with Gasteiger partial charge >= 0.3 is 12.1 Å². The van der Waals surface area contributed by atoms with E-state index in [0.717, 1.165) is 10.5 Å². The number of imide groups is 2. The summed E-state index contributed by atoms with van der Waals surface area (Å²) in [6.07, 6.45) is 1.64. The Morgan fingerprint density at radius 1 is 1.20 bits per heavy atom. The molecule has 2 heterocycles. The molecule has 30 heavy (non-hydrogen) atoms. The molecule has 0 saturated carbocycles. The van der Waals surface area contributed by atoms with Crippen molar-refractivity contribution in [3.63, 3.8) is 0 Å². The Hall–Kier alpha value is -3.82. The fourth-order valence-corrected chi connectivity index (χ4v) is 3.17. The van der Waals surface area contributed by atoms with Gasteiger partial charge in [0.15, 0.2) is 0 Å². The number of amides is 6. The van der Waals surface area contributed by atoms with Crippen LogP contribution in [0.4, 0.5) is 9.59 Å². The number of nitrogens with one attached hydrogen (secondary N) is 3. The molecule has 3 N–H and O–H groups in total. The van der Waals surface area contributed by atoms with E-state index in [-0.39, 0.29) is 13.0 Å². The first kappa shape index (κ1) is 20.9. The normalized spacial score (nSPS) is 18.1. The highest BCUT2D eigenvalue weighted by atomic mass is 16.5. The van der Waals surface area contributed by atoms with Crippen LogP contribution >= 0.6 is 0 Å². The van der Waals surface area contributed by atoms with Gasteiger partial charge in [0.25, 0.3) is 5.91 Å². The SMILES string of the molecule is COc1ccccc1C[C@@]1(C)NC(=O)N(CC(=O)NC(=O)NCc2ccco2)C1=O. The fraction of sp³-hybridized carbons (Fsp3) is 0.300. The van der Waals surface area contributed by atoms with Gasteiger partial charge in [0.1, 0.15) is 23.6 Å². The smallest absolute Gasteiger partial charge is 0.325 e. The van der Waals surface area contributed by atoms with Gasteiger partial charge in [-0.2, -0.15) is 0 Å². The molecule has 1 aliphatic heterocycles. The number of nitrogens with zero attached hydrogens (tertiary/aromatic N) is 1. The molecule has 0 spiro atoms. The van der Waals surface area contributed by atoms with E-state index in [1.807, 2.05) is 0 Å². The molecule has 0 bridgehead atoms. The number of ether oxygens (including phenoxy) is 1. The molecular formula is C20H22N4O6. The first-order chi connectivity index (χ1) is 14.3. The highest BCUT2D eigenvalue weighted by molar-refractivity contribution is 6.09. The molecule has 3 rings (SSSR count). The highest BCUT2D eigenvalue weighted by Crippen LogP contribution is 2.27. The summed E-state index contributed by atoms with van der Waals surface area (Å²) in [6, 6.07) is 9.01. The predicted octanol–water partition coefficient (Wildman–Crippen LogP) is 1.17. The second-order valence-electron chi connectivity index (χ2n) is 6.95. The molecule has 1 aromatic heterocycles. The molecule has 1 aliphatic rings. The molecule has 2 aromatic rings. The second-order valence-corrected chi connectivity index (χ2v) is 6.95. The number of para-hydroxylation sites is 1. The molecule has 1 atom stereocenters. The van der Waals surface area contributed by atoms with E-state index in [0.29, 0.717) is 11.5 Å². The van der Waals surface area contributed by atoms with Crippen molar-refractivity contribution >= 4 is 23.9 Å². The van der Waals surface area contributed by atoms with Crippen LogP contribution in [0.1, 0.15) is 18.2 Å². The zero-order valence-electron chi connectivity index (χ0n) is 16.6. The van der Waals surface area contributed by atoms with Crippen molar-refractivity contribution in [2.45, 2.75) is 25.4 Å². The molecule has 10 nitrogen and oxygen atoms in total. The standard InChI is InChI=1S/C20H22N4O6/c1-20(10-13-6-3-4-8-15(13)29-2)17(26)24(19(28)23-20)12-16(25)22-18(27)21-11-14-7-5-9-30-14/h3-9H,10-12H2,1-2H3,(H,23,28)(H2,21,22,25,27)/t20-/m1/s1. The van der Waals surface area contributed by atoms with Gasteiger partial charge in [0.2, 0.25) is 5.91 Å². The van der Waals surface area contributed by atoms with E-state index in [4.69, 9.17) is 9.15 Å². The molecule has 1 fully saturated rings. The Bertz CT molecular complexity index is 958. The Labute approximate surface area is 172 Å². The predicted molar refractivity (Wildman–Crippen MR) is 104 cm³/mol. The molecule has 0 radical (unpaired) electrons. The lowest BCUT2D eigenvalue weighted by Gasteiger charge is -2.22. The molecule has 158 valence electrons. The van der Waals surface area contributed by atoms with Crippen molar-refractivity contribution in [3.05, 3.63) is 54.0 Å². The Morgan fingerprint density at radius 3 is 2.67 bits per heavy atom. The summed E-state index contributed by atoms with van der Waals surface area (Å²) in [5.74, 6) is -0.259. The zero-order chi connectivity index (χ0) is 21.7. The summed E-state index contributed by atoms with van der Waals surface area (Å²) in [6.45, 7) is 1.08. The van der Waals surface area contributed by atoms with Gasteiger partial charge in [-0.05, 0) is 30.7 Å². The Kier molecular flexibility index (Phi) is 6.05. The first-order valence-corrected chi connectivity index (χ1v) is 9.18. The van der Waals surface area contributed by atoms with E-state index in [1.54, 1.807) is 43.3 Å². The van der Waals surface area contributed by atoms with E-state index < -0.39 is 36.0 Å². The summed E-state index contributed by atoms with van der Waals surface area (Å²) >= 11 is 0. The van der Waals surface area contributed by atoms with E-state index >= 15 is 0 Å². The van der Waals surface area contributed by atoms with Gasteiger partial charge < -0.3 is 19.8 Å². The average Bonchev–Trinajstić information content (AvgIpc) is 3.30. The van der Waals surface area contributed by atoms with Gasteiger partial charge in [-0.1, -0.05) is 18.2 Å². The van der Waals surface area contributed by atoms with Crippen molar-refractivity contribution in [1.82, 2.24) is 20.9 Å². The second kappa shape index (κ2) is 8.68. The number of rotatable bonds is 7. The Morgan fingerprint density at radius 2 is 1.97 bits per heavy atom. The minimum Gasteiger partial charge on any atom is -0.496 e. The van der Waals surface area contributed by atoms with Crippen LogP contribution in [0.15, 0.2) is 47.1 Å². The van der Waals surface area contributed by atoms with Crippen molar-refractivity contribution in [2.24, 2.45) is 0 Å². The minimum absolute atomic E-state index is 0.0895. The molecule has 1 saturated heterocycles. The number of carbonyl (C=O) groups excluding carboxylic acids is 4. The third-order valence-corrected chi connectivity index (χ3v) is 4.64. The highest BCUT2D eigenvalue weighted by Gasteiger charge is 2.48. The maximum Gasteiger partial charge on any atom is 0.325 e. The van der Waals surface area contributed by atoms with Gasteiger partial charge in [0, 0.05) is 6.42 Å². The van der Waals surface area contributed by atoms with Crippen LogP contribution in [0, 0.1) is 0 Å². The summed E-state index contributed by atoms with van der Waals surface area (Å²) in [5.41, 5.74) is -0.507. The molecule has 10 heteroatoms. The summed E-state index contributed by atoms with van der Waals surface area (Å²) in [5, 5.41) is 7.14. The third kappa shape index (κ3) is 4.59. The van der Waals surface area contributed by atoms with Crippen molar-refractivity contribution in [3.8, 4) is 5.75 Å². The quantitative estimate of drug-likeness (QED) is 0.583. The van der Waals surface area contributed by atoms with Crippen molar-refractivity contribution in [1.29, 1.82) is 0 Å². The van der Waals surface area contributed by atoms with Crippen LogP contribution in [-0.4, -0.2) is 48.0 Å². The molecule has 0 unspecified atom stereocenters. The lowest BCUT2D eigenvalue weighted by atomic mass is 9.92. The number of furan rings is 1. The summed E-state index contributed by atoms with van der Waals surface area (Å²) < 4.78 is 10.4. The zero-order valence-corrected chi connectivity index (χ0v) is 16.6. The van der Waals surface area contributed by atoms with Crippen molar-refractivity contribution in [2.75, 3.05) is 13.7 Å². The van der Waals surface area contributed by atoms with E-state index in [9.17, 15) is 19.2 Å². The monoisotopic (exact) mass is 414 g/mol. The maximum atomic E-state index is 12.9. The largest absolute Gasteiger partial charge is 0.496 e. The van der Waals surface area contributed by atoms with Crippen LogP contribution in [-0.2, 0) is 22.6 Å². The first-order valence-electron chi connectivity index (χ1n) is 9.18. The van der Waals surface area contributed by atoms with Crippen molar-refractivity contribution < 1.29 is 28.3 Å². The minimum atomic E-state index is -1.24. The summed E-state index contributed by atoms with van der Waals surface area (Å²) in [7, 11) is 1.52. The van der Waals surface area contributed by atoms with Gasteiger partial charge in [-0.15, -0.1) is 0 Å². The fourth-order valence-electron chi connectivity index (χ4n) is 3.17. The lowest BCUT2D eigenvalue weighted by molar-refractivity contribution is -0.134. The number of hydrogen-bond acceptors (Lipinski definition) is 6. The summed E-state index contributed by atoms with van der Waals surface area (Å²) in [4.78, 5) is 49.9. The third-order valence-electron chi connectivity index (χ3n) is 4.64. The molecule has 6 amide bonds. The van der Waals surface area contributed by atoms with Gasteiger partial charge in [0.05, 0.1) is 19.9 Å². The van der Waals surface area contributed by atoms with Gasteiger partial charge in [-0.25, -0.2) is 9.59 Å². The number of carbonyl (C=O) groups is 4. The van der Waals surface area contributed by atoms with E-state index in [2.05, 4.69) is 16.0 Å². The van der Waals surface area contributed by atoms with Crippen LogP contribution < -0.4 is 20.7 Å². The van der Waals surface area contributed by atoms with Gasteiger partial charge in [-0.3, -0.25) is 19.8 Å². The average molecular weight is 414 g/mol. The lowest BCUT2D eigenvalue weighted by Crippen LogP contribution is -2.48. The van der Waals surface area contributed by atoms with Crippen LogP contribution in [0.3, 0.4) is 0 Å². The van der Waals surface area contributed by atoms with Crippen LogP contribution in [0.5, 0.6) is 5.75 Å². The molecule has 1 aromatic carbocycles. The number of methoxy groups -OCH3 is 1. The topological polar surface area (TPSA) is 130 Å². The molecule has 0 aliphatic carbocycles. The van der Waals surface area contributed by atoms with E-state index in [1.165, 1.54) is 13.4 Å². The maximum absolute atomic E-state index is 12.9. The van der Waals surface area contributed by atoms with Crippen LogP contribution in [0.2, 0.25) is 0 Å². The van der Waals surface area contributed by atoms with Crippen LogP contribution in [0.25, 0.3) is 0 Å².